The highest BCUT2D eigenvalue weighted by Gasteiger charge is 2.10. The summed E-state index contributed by atoms with van der Waals surface area (Å²) in [6.45, 7) is 0. The molecule has 8 heteroatoms. The van der Waals surface area contributed by atoms with E-state index in [4.69, 9.17) is 9.47 Å². The summed E-state index contributed by atoms with van der Waals surface area (Å²) in [5, 5.41) is 5.10. The van der Waals surface area contributed by atoms with Crippen LogP contribution in [0.5, 0.6) is 11.5 Å². The number of hydrogen-bond donors (Lipinski definition) is 1. The van der Waals surface area contributed by atoms with Gasteiger partial charge in [-0.15, -0.1) is 11.3 Å². The third-order valence-corrected chi connectivity index (χ3v) is 5.63. The van der Waals surface area contributed by atoms with Crippen molar-refractivity contribution in [1.29, 1.82) is 0 Å². The molecule has 0 saturated carbocycles. The minimum Gasteiger partial charge on any atom is -0.497 e. The van der Waals surface area contributed by atoms with Crippen LogP contribution in [0.1, 0.15) is 21.6 Å². The highest BCUT2D eigenvalue weighted by molar-refractivity contribution is 7.97. The molecule has 2 aromatic carbocycles. The van der Waals surface area contributed by atoms with Crippen molar-refractivity contribution in [2.45, 2.75) is 11.5 Å². The van der Waals surface area contributed by atoms with Crippen molar-refractivity contribution in [2.24, 2.45) is 0 Å². The molecule has 0 spiro atoms. The zero-order chi connectivity index (χ0) is 19.9. The molecule has 0 unspecified atom stereocenters. The molecular formula is C20H19FN2O3S2. The van der Waals surface area contributed by atoms with Crippen LogP contribution >= 0.6 is 23.1 Å². The molecule has 28 heavy (non-hydrogen) atoms. The van der Waals surface area contributed by atoms with Gasteiger partial charge >= 0.3 is 0 Å². The molecule has 0 aliphatic heterocycles. The van der Waals surface area contributed by atoms with Crippen LogP contribution < -0.4 is 14.8 Å². The quantitative estimate of drug-likeness (QED) is 0.559. The summed E-state index contributed by atoms with van der Waals surface area (Å²) >= 11 is 3.04. The van der Waals surface area contributed by atoms with Crippen molar-refractivity contribution in [2.75, 3.05) is 19.5 Å². The molecule has 0 radical (unpaired) electrons. The van der Waals surface area contributed by atoms with Crippen LogP contribution in [-0.2, 0) is 11.5 Å². The van der Waals surface area contributed by atoms with E-state index < -0.39 is 5.82 Å². The van der Waals surface area contributed by atoms with Crippen LogP contribution in [0.15, 0.2) is 47.8 Å². The molecule has 1 N–H and O–H groups in total. The maximum Gasteiger partial charge on any atom is 0.257 e. The van der Waals surface area contributed by atoms with Gasteiger partial charge in [0.2, 0.25) is 0 Å². The predicted molar refractivity (Wildman–Crippen MR) is 111 cm³/mol. The molecule has 3 aromatic rings. The van der Waals surface area contributed by atoms with Crippen molar-refractivity contribution in [3.05, 3.63) is 70.5 Å². The van der Waals surface area contributed by atoms with E-state index in [1.54, 1.807) is 32.0 Å². The van der Waals surface area contributed by atoms with Gasteiger partial charge in [-0.05, 0) is 35.9 Å². The predicted octanol–water partition coefficient (Wildman–Crippen LogP) is 4.99. The van der Waals surface area contributed by atoms with Gasteiger partial charge in [-0.25, -0.2) is 9.37 Å². The number of rotatable bonds is 8. The fourth-order valence-electron chi connectivity index (χ4n) is 2.45. The maximum absolute atomic E-state index is 13.2. The lowest BCUT2D eigenvalue weighted by molar-refractivity contribution is 0.102. The molecule has 0 fully saturated rings. The summed E-state index contributed by atoms with van der Waals surface area (Å²) in [5.74, 6) is 2.16. The maximum atomic E-state index is 13.2. The van der Waals surface area contributed by atoms with Gasteiger partial charge in [0.05, 0.1) is 19.9 Å². The summed E-state index contributed by atoms with van der Waals surface area (Å²) in [4.78, 5) is 16.6. The number of nitrogens with one attached hydrogen (secondary N) is 1. The van der Waals surface area contributed by atoms with Crippen molar-refractivity contribution in [3.8, 4) is 11.5 Å². The van der Waals surface area contributed by atoms with E-state index in [1.165, 1.54) is 29.5 Å². The molecule has 0 aliphatic carbocycles. The number of methoxy groups -OCH3 is 2. The third kappa shape index (κ3) is 5.46. The minimum absolute atomic E-state index is 0.262. The molecule has 5 nitrogen and oxygen atoms in total. The normalized spacial score (nSPS) is 10.5. The molecule has 1 amide bonds. The topological polar surface area (TPSA) is 60.5 Å². The van der Waals surface area contributed by atoms with Crippen LogP contribution in [0.2, 0.25) is 0 Å². The number of benzene rings is 2. The number of anilines is 1. The van der Waals surface area contributed by atoms with Gasteiger partial charge in [0.25, 0.3) is 5.91 Å². The van der Waals surface area contributed by atoms with E-state index in [1.807, 2.05) is 23.6 Å². The Hall–Kier alpha value is -2.58. The smallest absolute Gasteiger partial charge is 0.257 e. The zero-order valence-electron chi connectivity index (χ0n) is 15.4. The first kappa shape index (κ1) is 20.2. The highest BCUT2D eigenvalue weighted by atomic mass is 32.2. The number of thioether (sulfide) groups is 1. The van der Waals surface area contributed by atoms with E-state index in [0.717, 1.165) is 28.5 Å². The Balaban J connectivity index is 1.54. The van der Waals surface area contributed by atoms with Crippen LogP contribution in [0, 0.1) is 5.82 Å². The second kappa shape index (κ2) is 9.57. The van der Waals surface area contributed by atoms with Gasteiger partial charge in [-0.1, -0.05) is 6.07 Å². The van der Waals surface area contributed by atoms with Crippen molar-refractivity contribution < 1.29 is 18.7 Å². The third-order valence-electron chi connectivity index (χ3n) is 3.79. The Kier molecular flexibility index (Phi) is 6.89. The van der Waals surface area contributed by atoms with Crippen LogP contribution in [0.3, 0.4) is 0 Å². The van der Waals surface area contributed by atoms with Gasteiger partial charge in [0, 0.05) is 28.5 Å². The summed E-state index contributed by atoms with van der Waals surface area (Å²) < 4.78 is 23.8. The second-order valence-corrected chi connectivity index (χ2v) is 7.67. The standard InChI is InChI=1S/C20H19FN2O3S2/c1-25-17-6-13(7-18(9-17)26-2)10-27-11-16-12-28-20(22-16)23-19(24)14-4-3-5-15(21)8-14/h3-9,12H,10-11H2,1-2H3,(H,22,23,24). The second-order valence-electron chi connectivity index (χ2n) is 5.82. The molecular weight excluding hydrogens is 399 g/mol. The average molecular weight is 419 g/mol. The number of carbonyl (C=O) groups is 1. The van der Waals surface area contributed by atoms with E-state index in [0.29, 0.717) is 10.9 Å². The molecule has 0 saturated heterocycles. The van der Waals surface area contributed by atoms with Gasteiger partial charge in [-0.2, -0.15) is 11.8 Å². The summed E-state index contributed by atoms with van der Waals surface area (Å²) in [7, 11) is 3.25. The molecule has 1 aromatic heterocycles. The lowest BCUT2D eigenvalue weighted by atomic mass is 10.2. The number of ether oxygens (including phenoxy) is 2. The Morgan fingerprint density at radius 2 is 1.89 bits per heavy atom. The number of hydrogen-bond acceptors (Lipinski definition) is 6. The van der Waals surface area contributed by atoms with Crippen molar-refractivity contribution in [3.63, 3.8) is 0 Å². The van der Waals surface area contributed by atoms with Crippen LogP contribution in [0.4, 0.5) is 9.52 Å². The Morgan fingerprint density at radius 3 is 2.57 bits per heavy atom. The number of amides is 1. The van der Waals surface area contributed by atoms with Gasteiger partial charge < -0.3 is 9.47 Å². The first-order chi connectivity index (χ1) is 13.6. The van der Waals surface area contributed by atoms with Crippen LogP contribution in [0.25, 0.3) is 0 Å². The lowest BCUT2D eigenvalue weighted by Crippen LogP contribution is -2.11. The minimum atomic E-state index is -0.446. The van der Waals surface area contributed by atoms with Crippen LogP contribution in [-0.4, -0.2) is 25.1 Å². The number of halogens is 1. The van der Waals surface area contributed by atoms with E-state index >= 15 is 0 Å². The largest absolute Gasteiger partial charge is 0.497 e. The SMILES string of the molecule is COc1cc(CSCc2csc(NC(=O)c3cccc(F)c3)n2)cc(OC)c1. The first-order valence-electron chi connectivity index (χ1n) is 8.38. The molecule has 3 rings (SSSR count). The van der Waals surface area contributed by atoms with Crippen molar-refractivity contribution in [1.82, 2.24) is 4.98 Å². The highest BCUT2D eigenvalue weighted by Crippen LogP contribution is 2.27. The molecule has 0 atom stereocenters. The summed E-state index contributed by atoms with van der Waals surface area (Å²) in [5.41, 5.74) is 2.23. The average Bonchev–Trinajstić information content (AvgIpc) is 3.14. The lowest BCUT2D eigenvalue weighted by Gasteiger charge is -2.08. The van der Waals surface area contributed by atoms with Crippen molar-refractivity contribution >= 4 is 34.1 Å². The van der Waals surface area contributed by atoms with Gasteiger partial charge in [0.15, 0.2) is 5.13 Å². The van der Waals surface area contributed by atoms with E-state index in [-0.39, 0.29) is 11.5 Å². The number of nitrogens with zero attached hydrogens (tertiary/aromatic N) is 1. The fraction of sp³-hybridized carbons (Fsp3) is 0.200. The molecule has 0 aliphatic rings. The molecule has 0 bridgehead atoms. The number of carbonyl (C=O) groups excluding carboxylic acids is 1. The fourth-order valence-corrected chi connectivity index (χ4v) is 4.13. The molecule has 146 valence electrons. The first-order valence-corrected chi connectivity index (χ1v) is 10.4. The number of aromatic nitrogens is 1. The van der Waals surface area contributed by atoms with E-state index in [2.05, 4.69) is 10.3 Å². The van der Waals surface area contributed by atoms with Gasteiger partial charge in [-0.3, -0.25) is 10.1 Å². The zero-order valence-corrected chi connectivity index (χ0v) is 17.0. The summed E-state index contributed by atoms with van der Waals surface area (Å²) in [6.07, 6.45) is 0. The Bertz CT molecular complexity index is 940. The number of thiazole rings is 1. The summed E-state index contributed by atoms with van der Waals surface area (Å²) in [6, 6.07) is 11.3. The Labute approximate surface area is 170 Å². The monoisotopic (exact) mass is 418 g/mol. The Morgan fingerprint density at radius 1 is 1.14 bits per heavy atom. The molecule has 1 heterocycles. The van der Waals surface area contributed by atoms with E-state index in [9.17, 15) is 9.18 Å². The van der Waals surface area contributed by atoms with Gasteiger partial charge in [0.1, 0.15) is 17.3 Å².